The number of hydrogen-bond acceptors (Lipinski definition) is 6. The summed E-state index contributed by atoms with van der Waals surface area (Å²) in [6, 6.07) is 1.17. The van der Waals surface area contributed by atoms with E-state index in [1.165, 1.54) is 0 Å². The number of nitro groups is 1. The van der Waals surface area contributed by atoms with Crippen molar-refractivity contribution in [1.82, 2.24) is 19.7 Å². The fraction of sp³-hybridized carbons (Fsp3) is 0.111. The first-order valence-electron chi connectivity index (χ1n) is 5.08. The van der Waals surface area contributed by atoms with Gasteiger partial charge < -0.3 is 15.2 Å². The zero-order chi connectivity index (χ0) is 15.8. The Balaban J connectivity index is 2.62. The molecule has 0 bridgehead atoms. The van der Waals surface area contributed by atoms with E-state index >= 15 is 0 Å². The van der Waals surface area contributed by atoms with Crippen LogP contribution in [0.5, 0.6) is 0 Å². The molecular weight excluding hydrogens is 299 g/mol. The third-order valence-electron chi connectivity index (χ3n) is 2.26. The number of aromatic nitrogens is 4. The second-order valence-electron chi connectivity index (χ2n) is 3.62. The lowest BCUT2D eigenvalue weighted by molar-refractivity contribution is -0.394. The fourth-order valence-electron chi connectivity index (χ4n) is 1.39. The molecule has 0 aromatic carbocycles. The summed E-state index contributed by atoms with van der Waals surface area (Å²) in [5.74, 6) is -3.19. The van der Waals surface area contributed by atoms with E-state index in [0.29, 0.717) is 23.1 Å². The van der Waals surface area contributed by atoms with Crippen molar-refractivity contribution in [3.05, 3.63) is 39.8 Å². The summed E-state index contributed by atoms with van der Waals surface area (Å²) >= 11 is 0. The molecule has 110 valence electrons. The Morgan fingerprint density at radius 2 is 2.05 bits per heavy atom. The lowest BCUT2D eigenvalue weighted by Crippen LogP contribution is -2.15. The molecule has 1 N–H and O–H groups in total. The molecule has 0 atom stereocenters. The van der Waals surface area contributed by atoms with E-state index in [4.69, 9.17) is 5.11 Å². The third-order valence-corrected chi connectivity index (χ3v) is 2.26. The van der Waals surface area contributed by atoms with Crippen molar-refractivity contribution in [2.75, 3.05) is 0 Å². The maximum absolute atomic E-state index is 12.6. The van der Waals surface area contributed by atoms with E-state index < -0.39 is 40.1 Å². The lowest BCUT2D eigenvalue weighted by Gasteiger charge is -2.08. The van der Waals surface area contributed by atoms with Gasteiger partial charge >= 0.3 is 18.1 Å². The van der Waals surface area contributed by atoms with Crippen molar-refractivity contribution in [3.8, 4) is 5.82 Å². The quantitative estimate of drug-likeness (QED) is 0.669. The SMILES string of the molecule is O=C(O)c1ccc(C(F)(F)F)nc1-n1cnc([N+](=O)[O-])n1. The number of alkyl halides is 3. The molecule has 9 nitrogen and oxygen atoms in total. The second-order valence-corrected chi connectivity index (χ2v) is 3.62. The van der Waals surface area contributed by atoms with E-state index in [0.717, 1.165) is 0 Å². The summed E-state index contributed by atoms with van der Waals surface area (Å²) in [5.41, 5.74) is -1.97. The van der Waals surface area contributed by atoms with Crippen LogP contribution in [-0.2, 0) is 6.18 Å². The van der Waals surface area contributed by atoms with Crippen LogP contribution in [0.15, 0.2) is 18.5 Å². The smallest absolute Gasteiger partial charge is 0.478 e. The first-order valence-corrected chi connectivity index (χ1v) is 5.08. The van der Waals surface area contributed by atoms with Gasteiger partial charge in [0.15, 0.2) is 5.82 Å². The highest BCUT2D eigenvalue weighted by Gasteiger charge is 2.34. The van der Waals surface area contributed by atoms with Gasteiger partial charge in [0, 0.05) is 5.10 Å². The largest absolute Gasteiger partial charge is 0.491 e. The van der Waals surface area contributed by atoms with Crippen LogP contribution in [-0.4, -0.2) is 35.7 Å². The number of hydrogen-bond donors (Lipinski definition) is 1. The van der Waals surface area contributed by atoms with Gasteiger partial charge in [-0.25, -0.2) is 9.78 Å². The minimum absolute atomic E-state index is 0.484. The topological polar surface area (TPSA) is 124 Å². The predicted molar refractivity (Wildman–Crippen MR) is 57.8 cm³/mol. The number of carboxylic acid groups (broad SMARTS) is 1. The van der Waals surface area contributed by atoms with Crippen molar-refractivity contribution in [3.63, 3.8) is 0 Å². The minimum Gasteiger partial charge on any atom is -0.478 e. The summed E-state index contributed by atoms with van der Waals surface area (Å²) in [5, 5.41) is 22.6. The summed E-state index contributed by atoms with van der Waals surface area (Å²) in [7, 11) is 0. The molecule has 2 aromatic heterocycles. The number of carbonyl (C=O) groups is 1. The van der Waals surface area contributed by atoms with Crippen LogP contribution in [0.2, 0.25) is 0 Å². The Morgan fingerprint density at radius 1 is 1.38 bits per heavy atom. The van der Waals surface area contributed by atoms with Gasteiger partial charge in [0.05, 0.1) is 0 Å². The van der Waals surface area contributed by atoms with Gasteiger partial charge in [-0.2, -0.15) is 13.2 Å². The van der Waals surface area contributed by atoms with Gasteiger partial charge in [0.2, 0.25) is 6.33 Å². The van der Waals surface area contributed by atoms with Gasteiger partial charge in [0.25, 0.3) is 0 Å². The van der Waals surface area contributed by atoms with E-state index in [9.17, 15) is 28.1 Å². The van der Waals surface area contributed by atoms with Crippen molar-refractivity contribution in [2.24, 2.45) is 0 Å². The molecule has 0 spiro atoms. The highest BCUT2D eigenvalue weighted by atomic mass is 19.4. The van der Waals surface area contributed by atoms with Crippen LogP contribution >= 0.6 is 0 Å². The maximum atomic E-state index is 12.6. The average Bonchev–Trinajstić information content (AvgIpc) is 2.86. The van der Waals surface area contributed by atoms with Gasteiger partial charge in [-0.05, 0) is 17.1 Å². The van der Waals surface area contributed by atoms with E-state index in [2.05, 4.69) is 15.1 Å². The van der Waals surface area contributed by atoms with Gasteiger partial charge in [-0.3, -0.25) is 0 Å². The molecule has 12 heteroatoms. The van der Waals surface area contributed by atoms with Crippen molar-refractivity contribution < 1.29 is 28.0 Å². The minimum atomic E-state index is -4.81. The standard InChI is InChI=1S/C9H4F3N5O4/c10-9(11,12)5-2-1-4(7(18)19)6(14-5)16-3-13-8(15-16)17(20)21/h1-3H,(H,18,19). The highest BCUT2D eigenvalue weighted by molar-refractivity contribution is 5.91. The Hall–Kier alpha value is -3.05. The first-order chi connectivity index (χ1) is 9.70. The molecule has 2 rings (SSSR count). The van der Waals surface area contributed by atoms with Gasteiger partial charge in [-0.15, -0.1) is 4.68 Å². The number of nitrogens with zero attached hydrogens (tertiary/aromatic N) is 5. The molecule has 0 fully saturated rings. The summed E-state index contributed by atoms with van der Waals surface area (Å²) in [4.78, 5) is 26.8. The van der Waals surface area contributed by atoms with Crippen LogP contribution in [0, 0.1) is 10.1 Å². The first kappa shape index (κ1) is 14.4. The third kappa shape index (κ3) is 2.77. The van der Waals surface area contributed by atoms with Crippen molar-refractivity contribution in [1.29, 1.82) is 0 Å². The number of carboxylic acids is 1. The van der Waals surface area contributed by atoms with Crippen LogP contribution in [0.4, 0.5) is 19.1 Å². The zero-order valence-electron chi connectivity index (χ0n) is 9.77. The van der Waals surface area contributed by atoms with Gasteiger partial charge in [0.1, 0.15) is 11.3 Å². The molecule has 0 saturated heterocycles. The maximum Gasteiger partial charge on any atom is 0.491 e. The van der Waals surface area contributed by atoms with Crippen LogP contribution in [0.3, 0.4) is 0 Å². The Morgan fingerprint density at radius 3 is 2.52 bits per heavy atom. The molecule has 0 aliphatic carbocycles. The molecule has 0 aliphatic heterocycles. The molecule has 2 heterocycles. The number of aromatic carboxylic acids is 1. The molecule has 2 aromatic rings. The number of rotatable bonds is 3. The van der Waals surface area contributed by atoms with Crippen LogP contribution < -0.4 is 0 Å². The van der Waals surface area contributed by atoms with Crippen molar-refractivity contribution >= 4 is 11.9 Å². The Labute approximate surface area is 112 Å². The predicted octanol–water partition coefficient (Wildman–Crippen LogP) is 1.29. The molecular formula is C9H4F3N5O4. The summed E-state index contributed by atoms with van der Waals surface area (Å²) < 4.78 is 38.3. The van der Waals surface area contributed by atoms with E-state index in [1.54, 1.807) is 0 Å². The van der Waals surface area contributed by atoms with Crippen LogP contribution in [0.1, 0.15) is 16.1 Å². The van der Waals surface area contributed by atoms with E-state index in [-0.39, 0.29) is 0 Å². The van der Waals surface area contributed by atoms with Gasteiger partial charge in [-0.1, -0.05) is 4.98 Å². The molecule has 0 aliphatic rings. The fourth-order valence-corrected chi connectivity index (χ4v) is 1.39. The Kier molecular flexibility index (Phi) is 3.29. The number of halogens is 3. The number of pyridine rings is 1. The summed E-state index contributed by atoms with van der Waals surface area (Å²) in [6.45, 7) is 0. The molecule has 0 amide bonds. The monoisotopic (exact) mass is 303 g/mol. The summed E-state index contributed by atoms with van der Waals surface area (Å²) in [6.07, 6.45) is -4.11. The van der Waals surface area contributed by atoms with Crippen molar-refractivity contribution in [2.45, 2.75) is 6.18 Å². The molecule has 0 saturated carbocycles. The second kappa shape index (κ2) is 4.81. The normalized spacial score (nSPS) is 11.4. The molecule has 0 unspecified atom stereocenters. The Bertz CT molecular complexity index is 726. The van der Waals surface area contributed by atoms with E-state index in [1.807, 2.05) is 0 Å². The zero-order valence-corrected chi connectivity index (χ0v) is 9.77. The molecule has 0 radical (unpaired) electrons. The highest BCUT2D eigenvalue weighted by Crippen LogP contribution is 2.29. The lowest BCUT2D eigenvalue weighted by atomic mass is 10.2. The van der Waals surface area contributed by atoms with Crippen LogP contribution in [0.25, 0.3) is 5.82 Å². The average molecular weight is 303 g/mol. The molecule has 21 heavy (non-hydrogen) atoms.